The van der Waals surface area contributed by atoms with E-state index in [4.69, 9.17) is 9.47 Å². The zero-order valence-electron chi connectivity index (χ0n) is 15.0. The summed E-state index contributed by atoms with van der Waals surface area (Å²) in [6.07, 6.45) is 1.51. The predicted molar refractivity (Wildman–Crippen MR) is 101 cm³/mol. The minimum Gasteiger partial charge on any atom is -0.497 e. The molecule has 1 fully saturated rings. The molecule has 0 saturated carbocycles. The number of hydrogen-bond donors (Lipinski definition) is 1. The molecule has 0 aliphatic carbocycles. The third-order valence-corrected chi connectivity index (χ3v) is 6.50. The van der Waals surface area contributed by atoms with Crippen molar-refractivity contribution in [2.75, 3.05) is 32.6 Å². The molecule has 1 saturated heterocycles. The van der Waals surface area contributed by atoms with E-state index in [-0.39, 0.29) is 6.04 Å². The molecule has 1 aliphatic rings. The van der Waals surface area contributed by atoms with Crippen molar-refractivity contribution in [2.45, 2.75) is 23.8 Å². The van der Waals surface area contributed by atoms with Gasteiger partial charge in [-0.3, -0.25) is 0 Å². The van der Waals surface area contributed by atoms with Crippen LogP contribution in [0.25, 0.3) is 0 Å². The van der Waals surface area contributed by atoms with Crippen LogP contribution in [0.3, 0.4) is 0 Å². The molecular formula is C19H24N2O4S. The Kier molecular flexibility index (Phi) is 5.68. The van der Waals surface area contributed by atoms with E-state index in [0.29, 0.717) is 23.7 Å². The van der Waals surface area contributed by atoms with Gasteiger partial charge in [0.05, 0.1) is 19.1 Å². The molecule has 1 heterocycles. The fourth-order valence-corrected chi connectivity index (χ4v) is 4.56. The number of benzene rings is 2. The van der Waals surface area contributed by atoms with Crippen LogP contribution in [0.15, 0.2) is 53.4 Å². The fourth-order valence-electron chi connectivity index (χ4n) is 3.09. The van der Waals surface area contributed by atoms with Crippen LogP contribution in [0.5, 0.6) is 11.5 Å². The van der Waals surface area contributed by atoms with Gasteiger partial charge in [-0.05, 0) is 49.2 Å². The second kappa shape index (κ2) is 7.97. The molecule has 26 heavy (non-hydrogen) atoms. The van der Waals surface area contributed by atoms with Crippen molar-refractivity contribution >= 4 is 15.7 Å². The lowest BCUT2D eigenvalue weighted by Gasteiger charge is -2.32. The van der Waals surface area contributed by atoms with Gasteiger partial charge in [0.2, 0.25) is 10.0 Å². The van der Waals surface area contributed by atoms with Gasteiger partial charge in [-0.1, -0.05) is 6.07 Å². The van der Waals surface area contributed by atoms with Gasteiger partial charge < -0.3 is 14.8 Å². The molecule has 140 valence electrons. The third-order valence-electron chi connectivity index (χ3n) is 4.59. The number of rotatable bonds is 6. The number of hydrogen-bond acceptors (Lipinski definition) is 5. The standard InChI is InChI=1S/C19H24N2O4S/c1-24-17-6-8-19(9-7-17)26(22,23)21-12-10-15(11-13-21)20-16-4-3-5-18(14-16)25-2/h3-9,14-15,20H,10-13H2,1-2H3. The highest BCUT2D eigenvalue weighted by Crippen LogP contribution is 2.25. The number of nitrogens with zero attached hydrogens (tertiary/aromatic N) is 1. The first-order chi connectivity index (χ1) is 12.5. The first-order valence-electron chi connectivity index (χ1n) is 8.58. The van der Waals surface area contributed by atoms with E-state index >= 15 is 0 Å². The van der Waals surface area contributed by atoms with Gasteiger partial charge in [-0.25, -0.2) is 8.42 Å². The van der Waals surface area contributed by atoms with E-state index in [2.05, 4.69) is 5.32 Å². The average molecular weight is 376 g/mol. The molecule has 2 aromatic carbocycles. The van der Waals surface area contributed by atoms with E-state index in [9.17, 15) is 8.42 Å². The first kappa shape index (κ1) is 18.5. The summed E-state index contributed by atoms with van der Waals surface area (Å²) in [4.78, 5) is 0.303. The van der Waals surface area contributed by atoms with Crippen LogP contribution in [0.2, 0.25) is 0 Å². The van der Waals surface area contributed by atoms with Crippen molar-refractivity contribution in [3.63, 3.8) is 0 Å². The van der Waals surface area contributed by atoms with E-state index in [0.717, 1.165) is 24.3 Å². The molecule has 1 N–H and O–H groups in total. The Morgan fingerprint density at radius 3 is 2.23 bits per heavy atom. The minimum atomic E-state index is -3.46. The van der Waals surface area contributed by atoms with Crippen LogP contribution >= 0.6 is 0 Å². The Morgan fingerprint density at radius 2 is 1.62 bits per heavy atom. The normalized spacial score (nSPS) is 16.2. The number of anilines is 1. The Balaban J connectivity index is 1.61. The van der Waals surface area contributed by atoms with E-state index in [1.165, 1.54) is 0 Å². The van der Waals surface area contributed by atoms with Crippen LogP contribution in [-0.4, -0.2) is 46.1 Å². The number of piperidine rings is 1. The predicted octanol–water partition coefficient (Wildman–Crippen LogP) is 2.97. The molecule has 2 aromatic rings. The number of methoxy groups -OCH3 is 2. The highest BCUT2D eigenvalue weighted by molar-refractivity contribution is 7.89. The molecule has 0 atom stereocenters. The van der Waals surface area contributed by atoms with Gasteiger partial charge >= 0.3 is 0 Å². The van der Waals surface area contributed by atoms with Crippen molar-refractivity contribution in [1.29, 1.82) is 0 Å². The SMILES string of the molecule is COc1ccc(S(=O)(=O)N2CCC(Nc3cccc(OC)c3)CC2)cc1. The van der Waals surface area contributed by atoms with Gasteiger partial charge in [0.15, 0.2) is 0 Å². The average Bonchev–Trinajstić information content (AvgIpc) is 2.68. The molecule has 0 unspecified atom stereocenters. The highest BCUT2D eigenvalue weighted by Gasteiger charge is 2.29. The summed E-state index contributed by atoms with van der Waals surface area (Å²) in [7, 11) is -0.264. The molecule has 0 spiro atoms. The Hall–Kier alpha value is -2.25. The van der Waals surface area contributed by atoms with Gasteiger partial charge in [0.25, 0.3) is 0 Å². The summed E-state index contributed by atoms with van der Waals surface area (Å²) in [5.74, 6) is 1.44. The molecule has 0 amide bonds. The Morgan fingerprint density at radius 1 is 0.962 bits per heavy atom. The molecular weight excluding hydrogens is 352 g/mol. The van der Waals surface area contributed by atoms with Crippen molar-refractivity contribution in [1.82, 2.24) is 4.31 Å². The lowest BCUT2D eigenvalue weighted by Crippen LogP contribution is -2.42. The molecule has 1 aliphatic heterocycles. The van der Waals surface area contributed by atoms with Crippen LogP contribution in [0.4, 0.5) is 5.69 Å². The number of sulfonamides is 1. The van der Waals surface area contributed by atoms with E-state index in [1.54, 1.807) is 42.8 Å². The van der Waals surface area contributed by atoms with E-state index < -0.39 is 10.0 Å². The quantitative estimate of drug-likeness (QED) is 0.839. The topological polar surface area (TPSA) is 67.9 Å². The number of nitrogens with one attached hydrogen (secondary N) is 1. The maximum Gasteiger partial charge on any atom is 0.243 e. The fraction of sp³-hybridized carbons (Fsp3) is 0.368. The molecule has 7 heteroatoms. The van der Waals surface area contributed by atoms with Gasteiger partial charge in [0, 0.05) is 30.9 Å². The van der Waals surface area contributed by atoms with Crippen molar-refractivity contribution in [2.24, 2.45) is 0 Å². The van der Waals surface area contributed by atoms with Crippen LogP contribution < -0.4 is 14.8 Å². The van der Waals surface area contributed by atoms with Crippen LogP contribution in [0.1, 0.15) is 12.8 Å². The molecule has 0 radical (unpaired) electrons. The highest BCUT2D eigenvalue weighted by atomic mass is 32.2. The zero-order chi connectivity index (χ0) is 18.6. The molecule has 6 nitrogen and oxygen atoms in total. The second-order valence-corrected chi connectivity index (χ2v) is 8.17. The van der Waals surface area contributed by atoms with Crippen LogP contribution in [-0.2, 0) is 10.0 Å². The summed E-state index contributed by atoms with van der Waals surface area (Å²) >= 11 is 0. The van der Waals surface area contributed by atoms with Crippen molar-refractivity contribution in [3.8, 4) is 11.5 Å². The smallest absolute Gasteiger partial charge is 0.243 e. The second-order valence-electron chi connectivity index (χ2n) is 6.23. The molecule has 0 aromatic heterocycles. The molecule has 0 bridgehead atoms. The summed E-state index contributed by atoms with van der Waals surface area (Å²) < 4.78 is 37.4. The van der Waals surface area contributed by atoms with Crippen molar-refractivity contribution < 1.29 is 17.9 Å². The summed E-state index contributed by atoms with van der Waals surface area (Å²) in [5.41, 5.74) is 0.987. The summed E-state index contributed by atoms with van der Waals surface area (Å²) in [5, 5.41) is 3.46. The van der Waals surface area contributed by atoms with Crippen LogP contribution in [0, 0.1) is 0 Å². The lowest BCUT2D eigenvalue weighted by molar-refractivity contribution is 0.329. The Labute approximate surface area is 154 Å². The van der Waals surface area contributed by atoms with Gasteiger partial charge in [-0.2, -0.15) is 4.31 Å². The minimum absolute atomic E-state index is 0.240. The molecule has 3 rings (SSSR count). The van der Waals surface area contributed by atoms with E-state index in [1.807, 2.05) is 24.3 Å². The Bertz CT molecular complexity index is 829. The summed E-state index contributed by atoms with van der Waals surface area (Å²) in [6.45, 7) is 0.992. The van der Waals surface area contributed by atoms with Gasteiger partial charge in [-0.15, -0.1) is 0 Å². The first-order valence-corrected chi connectivity index (χ1v) is 10.0. The third kappa shape index (κ3) is 4.11. The summed E-state index contributed by atoms with van der Waals surface area (Å²) in [6, 6.07) is 14.5. The maximum absolute atomic E-state index is 12.8. The number of ether oxygens (including phenoxy) is 2. The zero-order valence-corrected chi connectivity index (χ0v) is 15.8. The van der Waals surface area contributed by atoms with Gasteiger partial charge in [0.1, 0.15) is 11.5 Å². The largest absolute Gasteiger partial charge is 0.497 e. The maximum atomic E-state index is 12.8. The van der Waals surface area contributed by atoms with Crippen molar-refractivity contribution in [3.05, 3.63) is 48.5 Å². The lowest BCUT2D eigenvalue weighted by atomic mass is 10.1. The monoisotopic (exact) mass is 376 g/mol.